The number of amides is 2. The Morgan fingerprint density at radius 3 is 2.35 bits per heavy atom. The summed E-state index contributed by atoms with van der Waals surface area (Å²) in [5.74, 6) is 0.362. The van der Waals surface area contributed by atoms with Crippen molar-refractivity contribution in [2.45, 2.75) is 13.8 Å². The number of carbonyl (C=O) groups excluding carboxylic acids is 2. The van der Waals surface area contributed by atoms with Crippen LogP contribution in [0.3, 0.4) is 0 Å². The molecule has 1 saturated heterocycles. The minimum Gasteiger partial charge on any atom is -0.338 e. The quantitative estimate of drug-likeness (QED) is 0.573. The van der Waals surface area contributed by atoms with Crippen molar-refractivity contribution in [3.8, 4) is 0 Å². The van der Waals surface area contributed by atoms with Gasteiger partial charge in [0.2, 0.25) is 11.8 Å². The Balaban J connectivity index is 2.39. The fourth-order valence-electron chi connectivity index (χ4n) is 1.68. The molecule has 2 heterocycles. The summed E-state index contributed by atoms with van der Waals surface area (Å²) in [7, 11) is 0. The molecule has 0 bridgehead atoms. The first-order valence-electron chi connectivity index (χ1n) is 5.05. The van der Waals surface area contributed by atoms with Crippen molar-refractivity contribution in [1.29, 1.82) is 0 Å². The number of aryl methyl sites for hydroxylation is 1. The van der Waals surface area contributed by atoms with Gasteiger partial charge in [-0.2, -0.15) is 0 Å². The van der Waals surface area contributed by atoms with Crippen LogP contribution in [-0.2, 0) is 9.59 Å². The van der Waals surface area contributed by atoms with E-state index in [1.807, 2.05) is 0 Å². The number of anilines is 1. The van der Waals surface area contributed by atoms with Gasteiger partial charge in [-0.15, -0.1) is 0 Å². The summed E-state index contributed by atoms with van der Waals surface area (Å²) in [5.41, 5.74) is 0.666. The summed E-state index contributed by atoms with van der Waals surface area (Å²) in [6, 6.07) is 0. The highest BCUT2D eigenvalue weighted by Gasteiger charge is 2.25. The van der Waals surface area contributed by atoms with E-state index >= 15 is 0 Å². The third-order valence-corrected chi connectivity index (χ3v) is 2.79. The number of hydrogen-bond donors (Lipinski definition) is 1. The minimum atomic E-state index is -0.340. The summed E-state index contributed by atoms with van der Waals surface area (Å²) in [6.45, 7) is 3.66. The van der Waals surface area contributed by atoms with Crippen LogP contribution in [0.4, 0.5) is 5.82 Å². The van der Waals surface area contributed by atoms with E-state index in [0.29, 0.717) is 22.4 Å². The molecule has 0 unspecified atom stereocenters. The van der Waals surface area contributed by atoms with Crippen LogP contribution >= 0.6 is 11.6 Å². The summed E-state index contributed by atoms with van der Waals surface area (Å²) >= 11 is 5.95. The Hall–Kier alpha value is -1.69. The molecule has 0 atom stereocenters. The monoisotopic (exact) mass is 254 g/mol. The van der Waals surface area contributed by atoms with E-state index in [-0.39, 0.29) is 24.9 Å². The van der Waals surface area contributed by atoms with Crippen LogP contribution in [0.25, 0.3) is 0 Å². The molecule has 0 aromatic carbocycles. The van der Waals surface area contributed by atoms with Crippen LogP contribution in [0.1, 0.15) is 11.4 Å². The van der Waals surface area contributed by atoms with Crippen molar-refractivity contribution < 1.29 is 9.59 Å². The van der Waals surface area contributed by atoms with Crippen molar-refractivity contribution in [3.63, 3.8) is 0 Å². The largest absolute Gasteiger partial charge is 0.338 e. The maximum Gasteiger partial charge on any atom is 0.246 e. The average Bonchev–Trinajstić information content (AvgIpc) is 2.22. The van der Waals surface area contributed by atoms with Crippen LogP contribution < -0.4 is 10.2 Å². The first kappa shape index (κ1) is 11.8. The van der Waals surface area contributed by atoms with E-state index in [4.69, 9.17) is 11.6 Å². The number of piperazine rings is 1. The van der Waals surface area contributed by atoms with E-state index in [1.165, 1.54) is 0 Å². The predicted octanol–water partition coefficient (Wildman–Crippen LogP) is 0.210. The number of aromatic nitrogens is 2. The second-order valence-electron chi connectivity index (χ2n) is 3.84. The number of nitrogens with zero attached hydrogens (tertiary/aromatic N) is 3. The van der Waals surface area contributed by atoms with Gasteiger partial charge in [0, 0.05) is 5.56 Å². The normalized spacial score (nSPS) is 16.1. The Bertz CT molecular complexity index is 487. The van der Waals surface area contributed by atoms with E-state index in [0.717, 1.165) is 0 Å². The molecule has 7 heteroatoms. The SMILES string of the molecule is Cc1nc(Cl)c(C)c(N2CC(=O)NC(=O)C2)n1. The molecule has 0 radical (unpaired) electrons. The standard InChI is InChI=1S/C10H11ClN4O2/c1-5-9(11)12-6(2)13-10(5)15-3-7(16)14-8(17)4-15/h3-4H2,1-2H3,(H,14,16,17). The van der Waals surface area contributed by atoms with Gasteiger partial charge in [0.1, 0.15) is 16.8 Å². The van der Waals surface area contributed by atoms with Crippen LogP contribution in [-0.4, -0.2) is 34.9 Å². The van der Waals surface area contributed by atoms with Crippen LogP contribution in [0.2, 0.25) is 5.15 Å². The Kier molecular flexibility index (Phi) is 2.97. The molecule has 17 heavy (non-hydrogen) atoms. The molecule has 2 rings (SSSR count). The number of rotatable bonds is 1. The van der Waals surface area contributed by atoms with Gasteiger partial charge in [0.25, 0.3) is 0 Å². The summed E-state index contributed by atoms with van der Waals surface area (Å²) < 4.78 is 0. The van der Waals surface area contributed by atoms with Crippen LogP contribution in [0.5, 0.6) is 0 Å². The predicted molar refractivity (Wildman–Crippen MR) is 61.9 cm³/mol. The fraction of sp³-hybridized carbons (Fsp3) is 0.400. The fourth-order valence-corrected chi connectivity index (χ4v) is 1.88. The maximum atomic E-state index is 11.3. The summed E-state index contributed by atoms with van der Waals surface area (Å²) in [5, 5.41) is 2.57. The minimum absolute atomic E-state index is 0.0966. The lowest BCUT2D eigenvalue weighted by molar-refractivity contribution is -0.130. The number of halogens is 1. The first-order valence-corrected chi connectivity index (χ1v) is 5.43. The first-order chi connectivity index (χ1) is 7.97. The lowest BCUT2D eigenvalue weighted by atomic mass is 10.2. The molecule has 0 aliphatic carbocycles. The maximum absolute atomic E-state index is 11.3. The Morgan fingerprint density at radius 1 is 1.18 bits per heavy atom. The van der Waals surface area contributed by atoms with Gasteiger partial charge in [-0.1, -0.05) is 11.6 Å². The number of hydrogen-bond acceptors (Lipinski definition) is 5. The molecule has 1 aromatic heterocycles. The van der Waals surface area contributed by atoms with Crippen LogP contribution in [0, 0.1) is 13.8 Å². The van der Waals surface area contributed by atoms with Crippen molar-refractivity contribution in [3.05, 3.63) is 16.5 Å². The van der Waals surface area contributed by atoms with Gasteiger partial charge >= 0.3 is 0 Å². The van der Waals surface area contributed by atoms with Gasteiger partial charge in [-0.25, -0.2) is 9.97 Å². The van der Waals surface area contributed by atoms with Gasteiger partial charge in [0.05, 0.1) is 13.1 Å². The highest BCUT2D eigenvalue weighted by Crippen LogP contribution is 2.23. The van der Waals surface area contributed by atoms with Crippen molar-refractivity contribution >= 4 is 29.2 Å². The molecule has 2 amide bonds. The van der Waals surface area contributed by atoms with E-state index < -0.39 is 0 Å². The molecule has 1 aromatic rings. The molecule has 1 fully saturated rings. The zero-order chi connectivity index (χ0) is 12.6. The number of carbonyl (C=O) groups is 2. The molecule has 1 aliphatic rings. The zero-order valence-corrected chi connectivity index (χ0v) is 10.2. The third kappa shape index (κ3) is 2.36. The van der Waals surface area contributed by atoms with Crippen LogP contribution in [0.15, 0.2) is 0 Å². The molecule has 0 spiro atoms. The molecular weight excluding hydrogens is 244 g/mol. The lowest BCUT2D eigenvalue weighted by Crippen LogP contribution is -2.52. The van der Waals surface area contributed by atoms with Crippen molar-refractivity contribution in [2.75, 3.05) is 18.0 Å². The smallest absolute Gasteiger partial charge is 0.246 e. The molecule has 1 N–H and O–H groups in total. The molecular formula is C10H11ClN4O2. The van der Waals surface area contributed by atoms with Gasteiger partial charge in [0.15, 0.2) is 0 Å². The summed E-state index contributed by atoms with van der Waals surface area (Å²) in [4.78, 5) is 32.4. The lowest BCUT2D eigenvalue weighted by Gasteiger charge is -2.27. The molecule has 0 saturated carbocycles. The van der Waals surface area contributed by atoms with Gasteiger partial charge < -0.3 is 4.90 Å². The third-order valence-electron chi connectivity index (χ3n) is 2.42. The van der Waals surface area contributed by atoms with Crippen molar-refractivity contribution in [1.82, 2.24) is 15.3 Å². The topological polar surface area (TPSA) is 75.2 Å². The van der Waals surface area contributed by atoms with E-state index in [1.54, 1.807) is 18.7 Å². The van der Waals surface area contributed by atoms with E-state index in [9.17, 15) is 9.59 Å². The van der Waals surface area contributed by atoms with Gasteiger partial charge in [-0.3, -0.25) is 14.9 Å². The molecule has 6 nitrogen and oxygen atoms in total. The number of imide groups is 1. The summed E-state index contributed by atoms with van der Waals surface area (Å²) in [6.07, 6.45) is 0. The second kappa shape index (κ2) is 4.29. The number of nitrogens with one attached hydrogen (secondary N) is 1. The zero-order valence-electron chi connectivity index (χ0n) is 9.45. The van der Waals surface area contributed by atoms with Crippen molar-refractivity contribution in [2.24, 2.45) is 0 Å². The van der Waals surface area contributed by atoms with Gasteiger partial charge in [-0.05, 0) is 13.8 Å². The van der Waals surface area contributed by atoms with E-state index in [2.05, 4.69) is 15.3 Å². The molecule has 1 aliphatic heterocycles. The Morgan fingerprint density at radius 2 is 1.76 bits per heavy atom. The highest BCUT2D eigenvalue weighted by atomic mass is 35.5. The average molecular weight is 255 g/mol. The highest BCUT2D eigenvalue weighted by molar-refractivity contribution is 6.30. The Labute approximate surface area is 103 Å². The molecule has 90 valence electrons. The second-order valence-corrected chi connectivity index (χ2v) is 4.20.